The average molecular weight is 236 g/mol. The fourth-order valence-corrected chi connectivity index (χ4v) is 3.07. The van der Waals surface area contributed by atoms with Gasteiger partial charge in [-0.3, -0.25) is 0 Å². The van der Waals surface area contributed by atoms with E-state index >= 15 is 0 Å². The summed E-state index contributed by atoms with van der Waals surface area (Å²) < 4.78 is 25.3. The van der Waals surface area contributed by atoms with Gasteiger partial charge in [0, 0.05) is 6.04 Å². The molecule has 0 heterocycles. The van der Waals surface area contributed by atoms with Gasteiger partial charge in [-0.15, -0.1) is 0 Å². The Morgan fingerprint density at radius 3 is 2.64 bits per heavy atom. The summed E-state index contributed by atoms with van der Waals surface area (Å²) in [6, 6.07) is -0.0122. The van der Waals surface area contributed by atoms with Crippen LogP contribution in [0.15, 0.2) is 0 Å². The van der Waals surface area contributed by atoms with Gasteiger partial charge in [-0.05, 0) is 19.3 Å². The van der Waals surface area contributed by atoms with Gasteiger partial charge in [-0.1, -0.05) is 25.1 Å². The zero-order valence-corrected chi connectivity index (χ0v) is 9.83. The van der Waals surface area contributed by atoms with Crippen molar-refractivity contribution in [1.82, 2.24) is 4.72 Å². The van der Waals surface area contributed by atoms with Gasteiger partial charge in [0.05, 0.1) is 4.99 Å². The van der Waals surface area contributed by atoms with Gasteiger partial charge in [0.1, 0.15) is 5.75 Å². The number of hydrogen-bond acceptors (Lipinski definition) is 3. The standard InChI is InChI=1S/C8H16N2O2S2/c1-6(4-7-2-3-7)10-14(11,12)5-8(9)13/h6-7,10H,2-5H2,1H3,(H2,9,13). The van der Waals surface area contributed by atoms with E-state index in [1.165, 1.54) is 12.8 Å². The summed E-state index contributed by atoms with van der Waals surface area (Å²) in [6.45, 7) is 1.87. The molecule has 0 bridgehead atoms. The van der Waals surface area contributed by atoms with Crippen LogP contribution in [0.3, 0.4) is 0 Å². The summed E-state index contributed by atoms with van der Waals surface area (Å²) in [4.78, 5) is 0.0103. The third kappa shape index (κ3) is 4.88. The maximum atomic E-state index is 11.4. The highest BCUT2D eigenvalue weighted by Crippen LogP contribution is 2.33. The normalized spacial score (nSPS) is 19.2. The van der Waals surface area contributed by atoms with Gasteiger partial charge in [-0.2, -0.15) is 0 Å². The van der Waals surface area contributed by atoms with E-state index < -0.39 is 10.0 Å². The molecule has 0 radical (unpaired) electrons. The first kappa shape index (κ1) is 11.9. The second-order valence-corrected chi connectivity index (χ2v) is 6.20. The molecular weight excluding hydrogens is 220 g/mol. The molecule has 1 rings (SSSR count). The average Bonchev–Trinajstić information content (AvgIpc) is 2.64. The smallest absolute Gasteiger partial charge is 0.218 e. The second-order valence-electron chi connectivity index (χ2n) is 3.92. The topological polar surface area (TPSA) is 72.2 Å². The fraction of sp³-hybridized carbons (Fsp3) is 0.875. The molecule has 4 nitrogen and oxygen atoms in total. The molecule has 6 heteroatoms. The molecule has 82 valence electrons. The van der Waals surface area contributed by atoms with E-state index in [1.807, 2.05) is 6.92 Å². The summed E-state index contributed by atoms with van der Waals surface area (Å²) in [5, 5.41) is 0. The lowest BCUT2D eigenvalue weighted by Crippen LogP contribution is -2.38. The van der Waals surface area contributed by atoms with Crippen LogP contribution in [0.4, 0.5) is 0 Å². The molecule has 1 unspecified atom stereocenters. The third-order valence-electron chi connectivity index (χ3n) is 2.10. The van der Waals surface area contributed by atoms with Gasteiger partial charge in [0.15, 0.2) is 0 Å². The minimum atomic E-state index is -3.31. The van der Waals surface area contributed by atoms with Crippen LogP contribution in [0.1, 0.15) is 26.2 Å². The maximum absolute atomic E-state index is 11.4. The Kier molecular flexibility index (Phi) is 3.86. The summed E-state index contributed by atoms with van der Waals surface area (Å²) >= 11 is 4.56. The van der Waals surface area contributed by atoms with E-state index in [0.717, 1.165) is 6.42 Å². The van der Waals surface area contributed by atoms with Crippen LogP contribution >= 0.6 is 12.2 Å². The van der Waals surface area contributed by atoms with E-state index in [1.54, 1.807) is 0 Å². The minimum absolute atomic E-state index is 0.0103. The van der Waals surface area contributed by atoms with Crippen molar-refractivity contribution in [1.29, 1.82) is 0 Å². The molecule has 0 saturated heterocycles. The first-order valence-corrected chi connectivity index (χ1v) is 6.73. The van der Waals surface area contributed by atoms with Crippen molar-refractivity contribution < 1.29 is 8.42 Å². The Morgan fingerprint density at radius 2 is 2.21 bits per heavy atom. The number of nitrogens with one attached hydrogen (secondary N) is 1. The second kappa shape index (κ2) is 4.55. The van der Waals surface area contributed by atoms with Gasteiger partial charge in [0.2, 0.25) is 10.0 Å². The van der Waals surface area contributed by atoms with Crippen molar-refractivity contribution in [3.05, 3.63) is 0 Å². The highest BCUT2D eigenvalue weighted by molar-refractivity contribution is 7.92. The van der Waals surface area contributed by atoms with Gasteiger partial charge < -0.3 is 5.73 Å². The van der Waals surface area contributed by atoms with E-state index in [9.17, 15) is 8.42 Å². The van der Waals surface area contributed by atoms with Crippen LogP contribution in [0, 0.1) is 5.92 Å². The lowest BCUT2D eigenvalue weighted by molar-refractivity contribution is 0.532. The Labute approximate surface area is 90.3 Å². The molecule has 0 aromatic heterocycles. The van der Waals surface area contributed by atoms with Gasteiger partial charge >= 0.3 is 0 Å². The van der Waals surface area contributed by atoms with Crippen LogP contribution in [-0.2, 0) is 10.0 Å². The lowest BCUT2D eigenvalue weighted by Gasteiger charge is -2.12. The number of thiocarbonyl (C=S) groups is 1. The highest BCUT2D eigenvalue weighted by Gasteiger charge is 2.25. The van der Waals surface area contributed by atoms with Crippen molar-refractivity contribution in [2.24, 2.45) is 11.7 Å². The Balaban J connectivity index is 2.36. The zero-order chi connectivity index (χ0) is 10.8. The van der Waals surface area contributed by atoms with Crippen LogP contribution in [0.2, 0.25) is 0 Å². The maximum Gasteiger partial charge on any atom is 0.218 e. The molecule has 0 aliphatic heterocycles. The van der Waals surface area contributed by atoms with Crippen LogP contribution in [0.25, 0.3) is 0 Å². The highest BCUT2D eigenvalue weighted by atomic mass is 32.2. The minimum Gasteiger partial charge on any atom is -0.392 e. The molecule has 0 amide bonds. The van der Waals surface area contributed by atoms with Gasteiger partial charge in [-0.25, -0.2) is 13.1 Å². The van der Waals surface area contributed by atoms with Crippen molar-refractivity contribution in [3.8, 4) is 0 Å². The van der Waals surface area contributed by atoms with Crippen LogP contribution in [0.5, 0.6) is 0 Å². The van der Waals surface area contributed by atoms with E-state index in [0.29, 0.717) is 5.92 Å². The molecule has 0 spiro atoms. The fourth-order valence-electron chi connectivity index (χ4n) is 1.44. The molecule has 1 aliphatic rings. The number of hydrogen-bond donors (Lipinski definition) is 2. The number of nitrogens with two attached hydrogens (primary N) is 1. The predicted molar refractivity (Wildman–Crippen MR) is 60.5 cm³/mol. The summed E-state index contributed by atoms with van der Waals surface area (Å²) in [7, 11) is -3.31. The Hall–Kier alpha value is -0.200. The van der Waals surface area contributed by atoms with E-state index in [-0.39, 0.29) is 16.8 Å². The Bertz CT molecular complexity index is 309. The number of sulfonamides is 1. The molecule has 1 atom stereocenters. The third-order valence-corrected chi connectivity index (χ3v) is 3.88. The predicted octanol–water partition coefficient (Wildman–Crippen LogP) is 0.381. The molecule has 1 saturated carbocycles. The number of rotatable bonds is 6. The molecule has 14 heavy (non-hydrogen) atoms. The molecule has 3 N–H and O–H groups in total. The van der Waals surface area contributed by atoms with Crippen LogP contribution in [-0.4, -0.2) is 25.2 Å². The summed E-state index contributed by atoms with van der Waals surface area (Å²) in [5.41, 5.74) is 5.18. The molecule has 1 fully saturated rings. The Morgan fingerprint density at radius 1 is 1.64 bits per heavy atom. The molecule has 0 aromatic carbocycles. The van der Waals surface area contributed by atoms with Crippen molar-refractivity contribution in [2.75, 3.05) is 5.75 Å². The monoisotopic (exact) mass is 236 g/mol. The summed E-state index contributed by atoms with van der Waals surface area (Å²) in [5.74, 6) is 0.453. The largest absolute Gasteiger partial charge is 0.392 e. The lowest BCUT2D eigenvalue weighted by atomic mass is 10.2. The SMILES string of the molecule is CC(CC1CC1)NS(=O)(=O)CC(N)=S. The molecular formula is C8H16N2O2S2. The first-order valence-electron chi connectivity index (χ1n) is 4.67. The van der Waals surface area contributed by atoms with E-state index in [4.69, 9.17) is 5.73 Å². The van der Waals surface area contributed by atoms with E-state index in [2.05, 4.69) is 16.9 Å². The van der Waals surface area contributed by atoms with Crippen molar-refractivity contribution in [2.45, 2.75) is 32.2 Å². The summed E-state index contributed by atoms with van der Waals surface area (Å²) in [6.07, 6.45) is 3.36. The first-order chi connectivity index (χ1) is 6.39. The van der Waals surface area contributed by atoms with Crippen molar-refractivity contribution in [3.63, 3.8) is 0 Å². The quantitative estimate of drug-likeness (QED) is 0.654. The van der Waals surface area contributed by atoms with Crippen LogP contribution < -0.4 is 10.5 Å². The zero-order valence-electron chi connectivity index (χ0n) is 8.19. The molecule has 0 aromatic rings. The van der Waals surface area contributed by atoms with Crippen molar-refractivity contribution >= 4 is 27.2 Å². The van der Waals surface area contributed by atoms with Gasteiger partial charge in [0.25, 0.3) is 0 Å². The molecule has 1 aliphatic carbocycles.